The van der Waals surface area contributed by atoms with Gasteiger partial charge in [-0.1, -0.05) is 6.07 Å². The van der Waals surface area contributed by atoms with E-state index in [2.05, 4.69) is 25.5 Å². The van der Waals surface area contributed by atoms with Crippen LogP contribution in [0.4, 0.5) is 15.9 Å². The van der Waals surface area contributed by atoms with Crippen LogP contribution in [0.15, 0.2) is 61.1 Å². The summed E-state index contributed by atoms with van der Waals surface area (Å²) >= 11 is 5.42. The number of nitrogens with zero attached hydrogens (tertiary/aromatic N) is 3. The normalized spacial score (nSPS) is 14.2. The minimum Gasteiger partial charge on any atom is -0.454 e. The van der Waals surface area contributed by atoms with Crippen molar-refractivity contribution in [3.63, 3.8) is 0 Å². The highest BCUT2D eigenvalue weighted by atomic mass is 32.1. The van der Waals surface area contributed by atoms with Crippen molar-refractivity contribution in [1.29, 1.82) is 0 Å². The Bertz CT molecular complexity index is 1040. The first-order chi connectivity index (χ1) is 15.1. The smallest absolute Gasteiger partial charge is 0.171 e. The van der Waals surface area contributed by atoms with Gasteiger partial charge in [-0.05, 0) is 67.9 Å². The van der Waals surface area contributed by atoms with Crippen LogP contribution in [0.5, 0.6) is 11.5 Å². The van der Waals surface area contributed by atoms with Crippen molar-refractivity contribution in [1.82, 2.24) is 15.3 Å². The van der Waals surface area contributed by atoms with E-state index in [0.717, 1.165) is 43.0 Å². The third-order valence-electron chi connectivity index (χ3n) is 5.11. The number of hydrogen-bond donors (Lipinski definition) is 2. The highest BCUT2D eigenvalue weighted by Gasteiger charge is 2.21. The van der Waals surface area contributed by atoms with Crippen LogP contribution in [0.25, 0.3) is 0 Å². The van der Waals surface area contributed by atoms with E-state index in [1.54, 1.807) is 36.8 Å². The van der Waals surface area contributed by atoms with Crippen LogP contribution in [-0.4, -0.2) is 34.2 Å². The molecule has 2 aromatic heterocycles. The van der Waals surface area contributed by atoms with E-state index in [0.29, 0.717) is 10.9 Å². The molecule has 1 aliphatic heterocycles. The van der Waals surface area contributed by atoms with Gasteiger partial charge in [0.05, 0.1) is 11.9 Å². The van der Waals surface area contributed by atoms with E-state index in [1.807, 2.05) is 25.1 Å². The lowest BCUT2D eigenvalue weighted by Gasteiger charge is -2.33. The Hall–Kier alpha value is -3.26. The van der Waals surface area contributed by atoms with Crippen LogP contribution in [0.2, 0.25) is 0 Å². The number of pyridine rings is 2. The molecule has 0 aliphatic carbocycles. The predicted molar refractivity (Wildman–Crippen MR) is 124 cm³/mol. The maximum Gasteiger partial charge on any atom is 0.171 e. The summed E-state index contributed by atoms with van der Waals surface area (Å²) in [7, 11) is 0. The van der Waals surface area contributed by atoms with E-state index < -0.39 is 0 Å². The molecule has 0 unspecified atom stereocenters. The number of anilines is 2. The lowest BCUT2D eigenvalue weighted by atomic mass is 10.1. The summed E-state index contributed by atoms with van der Waals surface area (Å²) in [5.41, 5.74) is 1.81. The lowest BCUT2D eigenvalue weighted by molar-refractivity contribution is 0.439. The Kier molecular flexibility index (Phi) is 6.57. The molecule has 0 spiro atoms. The summed E-state index contributed by atoms with van der Waals surface area (Å²) in [6.07, 6.45) is 7.00. The number of halogens is 1. The molecule has 2 N–H and O–H groups in total. The monoisotopic (exact) mass is 437 g/mol. The van der Waals surface area contributed by atoms with Gasteiger partial charge < -0.3 is 20.3 Å². The van der Waals surface area contributed by atoms with Gasteiger partial charge in [-0.25, -0.2) is 9.37 Å². The molecule has 0 amide bonds. The first-order valence-electron chi connectivity index (χ1n) is 10.2. The fourth-order valence-electron chi connectivity index (χ4n) is 3.49. The molecule has 31 heavy (non-hydrogen) atoms. The van der Waals surface area contributed by atoms with E-state index in [4.69, 9.17) is 17.0 Å². The molecule has 160 valence electrons. The van der Waals surface area contributed by atoms with E-state index in [-0.39, 0.29) is 17.6 Å². The quantitative estimate of drug-likeness (QED) is 0.563. The van der Waals surface area contributed by atoms with Crippen LogP contribution >= 0.6 is 12.2 Å². The van der Waals surface area contributed by atoms with Crippen molar-refractivity contribution in [3.05, 3.63) is 72.4 Å². The summed E-state index contributed by atoms with van der Waals surface area (Å²) < 4.78 is 19.8. The molecule has 1 aromatic carbocycles. The average molecular weight is 438 g/mol. The average Bonchev–Trinajstić information content (AvgIpc) is 2.78. The lowest BCUT2D eigenvalue weighted by Crippen LogP contribution is -2.46. The van der Waals surface area contributed by atoms with Crippen LogP contribution in [-0.2, 0) is 0 Å². The largest absolute Gasteiger partial charge is 0.454 e. The molecule has 3 aromatic rings. The van der Waals surface area contributed by atoms with Gasteiger partial charge in [0.2, 0.25) is 0 Å². The molecule has 0 atom stereocenters. The number of benzene rings is 1. The summed E-state index contributed by atoms with van der Waals surface area (Å²) in [5.74, 6) is 1.22. The molecular formula is C23H24FN5OS. The van der Waals surface area contributed by atoms with Crippen LogP contribution in [0.3, 0.4) is 0 Å². The highest BCUT2D eigenvalue weighted by Crippen LogP contribution is 2.28. The van der Waals surface area contributed by atoms with Crippen LogP contribution < -0.4 is 20.3 Å². The van der Waals surface area contributed by atoms with Crippen LogP contribution in [0, 0.1) is 12.7 Å². The zero-order valence-corrected chi connectivity index (χ0v) is 18.0. The Morgan fingerprint density at radius 3 is 2.77 bits per heavy atom. The number of nitrogens with one attached hydrogen (secondary N) is 2. The second kappa shape index (κ2) is 9.70. The van der Waals surface area contributed by atoms with Crippen molar-refractivity contribution in [2.45, 2.75) is 25.8 Å². The topological polar surface area (TPSA) is 62.3 Å². The number of aryl methyl sites for hydroxylation is 1. The van der Waals surface area contributed by atoms with Gasteiger partial charge in [-0.15, -0.1) is 0 Å². The molecule has 3 heterocycles. The van der Waals surface area contributed by atoms with E-state index >= 15 is 0 Å². The third-order valence-corrected chi connectivity index (χ3v) is 5.32. The summed E-state index contributed by atoms with van der Waals surface area (Å²) in [6.45, 7) is 3.57. The summed E-state index contributed by atoms with van der Waals surface area (Å²) in [5, 5.41) is 7.13. The Labute approximate surface area is 186 Å². The molecule has 8 heteroatoms. The Morgan fingerprint density at radius 2 is 2.00 bits per heavy atom. The Morgan fingerprint density at radius 1 is 1.16 bits per heavy atom. The fraction of sp³-hybridized carbons (Fsp3) is 0.261. The molecule has 0 saturated carbocycles. The second-order valence-electron chi connectivity index (χ2n) is 7.49. The highest BCUT2D eigenvalue weighted by molar-refractivity contribution is 7.80. The van der Waals surface area contributed by atoms with Gasteiger partial charge in [0, 0.05) is 37.6 Å². The summed E-state index contributed by atoms with van der Waals surface area (Å²) in [4.78, 5) is 10.8. The number of hydrogen-bond acceptors (Lipinski definition) is 5. The number of piperidine rings is 1. The number of thiocarbonyl (C=S) groups is 1. The zero-order valence-electron chi connectivity index (χ0n) is 17.2. The number of rotatable bonds is 5. The van der Waals surface area contributed by atoms with Gasteiger partial charge in [0.1, 0.15) is 11.6 Å². The Balaban J connectivity index is 1.32. The van der Waals surface area contributed by atoms with Gasteiger partial charge in [-0.3, -0.25) is 4.98 Å². The molecule has 0 radical (unpaired) electrons. The van der Waals surface area contributed by atoms with Crippen molar-refractivity contribution in [2.24, 2.45) is 0 Å². The molecule has 1 aliphatic rings. The molecule has 1 fully saturated rings. The first-order valence-corrected chi connectivity index (χ1v) is 10.6. The van der Waals surface area contributed by atoms with Crippen molar-refractivity contribution in [3.8, 4) is 11.5 Å². The number of aromatic nitrogens is 2. The van der Waals surface area contributed by atoms with E-state index in [9.17, 15) is 4.39 Å². The van der Waals surface area contributed by atoms with Gasteiger partial charge in [0.25, 0.3) is 0 Å². The molecule has 6 nitrogen and oxygen atoms in total. The minimum atomic E-state index is -0.383. The fourth-order valence-corrected chi connectivity index (χ4v) is 3.78. The predicted octanol–water partition coefficient (Wildman–Crippen LogP) is 4.67. The van der Waals surface area contributed by atoms with Gasteiger partial charge in [-0.2, -0.15) is 0 Å². The zero-order chi connectivity index (χ0) is 21.6. The molecule has 1 saturated heterocycles. The van der Waals surface area contributed by atoms with Crippen LogP contribution in [0.1, 0.15) is 18.4 Å². The molecular weight excluding hydrogens is 413 g/mol. The minimum absolute atomic E-state index is 0.217. The van der Waals surface area contributed by atoms with E-state index in [1.165, 1.54) is 6.07 Å². The maximum absolute atomic E-state index is 14.0. The first kappa shape index (κ1) is 21.0. The maximum atomic E-state index is 14.0. The van der Waals surface area contributed by atoms with Gasteiger partial charge >= 0.3 is 0 Å². The second-order valence-corrected chi connectivity index (χ2v) is 7.90. The number of ether oxygens (including phenoxy) is 1. The van der Waals surface area contributed by atoms with Crippen molar-refractivity contribution in [2.75, 3.05) is 23.3 Å². The molecule has 4 rings (SSSR count). The van der Waals surface area contributed by atoms with Crippen molar-refractivity contribution < 1.29 is 9.13 Å². The molecule has 0 bridgehead atoms. The third kappa shape index (κ3) is 5.67. The summed E-state index contributed by atoms with van der Waals surface area (Å²) in [6, 6.07) is 12.5. The standard InChI is InChI=1S/C23H24FN5OS/c1-16-4-5-20(24)21(13-16)30-19-6-10-26-22(14-19)29-11-7-17(8-12-29)27-23(31)28-18-3-2-9-25-15-18/h2-6,9-10,13-15,17H,7-8,11-12H2,1H3,(H2,27,28,31). The van der Waals surface area contributed by atoms with Crippen molar-refractivity contribution >= 4 is 28.8 Å². The SMILES string of the molecule is Cc1ccc(F)c(Oc2ccnc(N3CCC(NC(=S)Nc4cccnc4)CC3)c2)c1. The van der Waals surface area contributed by atoms with Gasteiger partial charge in [0.15, 0.2) is 16.7 Å².